The minimum absolute atomic E-state index is 0.0482. The number of nitrogens with one attached hydrogen (secondary N) is 1. The van der Waals surface area contributed by atoms with Crippen LogP contribution in [0, 0.1) is 10.1 Å². The van der Waals surface area contributed by atoms with Crippen LogP contribution in [0.2, 0.25) is 5.02 Å². The first-order valence-corrected chi connectivity index (χ1v) is 9.31. The number of rotatable bonds is 5. The van der Waals surface area contributed by atoms with Gasteiger partial charge in [0.05, 0.1) is 15.2 Å². The van der Waals surface area contributed by atoms with Crippen LogP contribution in [0.25, 0.3) is 0 Å². The Morgan fingerprint density at radius 2 is 1.96 bits per heavy atom. The summed E-state index contributed by atoms with van der Waals surface area (Å²) in [6.45, 7) is 0.947. The monoisotopic (exact) mass is 360 g/mol. The van der Waals surface area contributed by atoms with E-state index in [1.54, 1.807) is 4.31 Å². The highest BCUT2D eigenvalue weighted by Gasteiger charge is 2.41. The third-order valence-electron chi connectivity index (χ3n) is 4.14. The molecule has 1 N–H and O–H groups in total. The van der Waals surface area contributed by atoms with Crippen molar-refractivity contribution in [3.63, 3.8) is 0 Å². The van der Waals surface area contributed by atoms with Crippen molar-refractivity contribution in [2.45, 2.75) is 37.0 Å². The number of sulfonamides is 1. The Morgan fingerprint density at radius 3 is 2.48 bits per heavy atom. The van der Waals surface area contributed by atoms with E-state index in [0.29, 0.717) is 31.7 Å². The number of nitrogens with zero attached hydrogens (tertiary/aromatic N) is 3. The number of hydrogen-bond donors (Lipinski definition) is 1. The predicted molar refractivity (Wildman–Crippen MR) is 86.1 cm³/mol. The van der Waals surface area contributed by atoms with Gasteiger partial charge in [0.2, 0.25) is 10.0 Å². The molecule has 10 heteroatoms. The van der Waals surface area contributed by atoms with E-state index in [2.05, 4.69) is 10.3 Å². The van der Waals surface area contributed by atoms with Crippen molar-refractivity contribution in [2.24, 2.45) is 0 Å². The van der Waals surface area contributed by atoms with Gasteiger partial charge in [-0.05, 0) is 25.7 Å². The third-order valence-corrected chi connectivity index (χ3v) is 6.82. The standard InChI is InChI=1S/C13H17ClN4O4S/c14-12-7-10(18(19)20)8-15-13(12)16-9-3-5-17(6-4-9)23(21,22)11-1-2-11/h7-9,11H,1-6H2,(H,15,16). The molecule has 1 aromatic rings. The summed E-state index contributed by atoms with van der Waals surface area (Å²) in [5.41, 5.74) is -0.161. The molecule has 1 saturated heterocycles. The molecule has 23 heavy (non-hydrogen) atoms. The van der Waals surface area contributed by atoms with Crippen molar-refractivity contribution in [3.05, 3.63) is 27.4 Å². The number of pyridine rings is 1. The summed E-state index contributed by atoms with van der Waals surface area (Å²) in [4.78, 5) is 14.1. The molecule has 0 bridgehead atoms. The Kier molecular flexibility index (Phi) is 4.43. The van der Waals surface area contributed by atoms with Gasteiger partial charge in [-0.25, -0.2) is 17.7 Å². The molecule has 1 aliphatic heterocycles. The maximum atomic E-state index is 12.2. The van der Waals surface area contributed by atoms with E-state index in [4.69, 9.17) is 11.6 Å². The molecule has 0 radical (unpaired) electrons. The van der Waals surface area contributed by atoms with Crippen LogP contribution in [0.5, 0.6) is 0 Å². The zero-order chi connectivity index (χ0) is 16.6. The molecular formula is C13H17ClN4O4S. The van der Waals surface area contributed by atoms with Gasteiger partial charge in [-0.15, -0.1) is 0 Å². The average Bonchev–Trinajstić information content (AvgIpc) is 3.35. The van der Waals surface area contributed by atoms with Crippen molar-refractivity contribution >= 4 is 33.1 Å². The van der Waals surface area contributed by atoms with Crippen LogP contribution in [-0.4, -0.2) is 47.0 Å². The lowest BCUT2D eigenvalue weighted by Crippen LogP contribution is -2.43. The molecule has 3 rings (SSSR count). The van der Waals surface area contributed by atoms with Crippen molar-refractivity contribution < 1.29 is 13.3 Å². The van der Waals surface area contributed by atoms with Gasteiger partial charge in [0.15, 0.2) is 0 Å². The van der Waals surface area contributed by atoms with Crippen LogP contribution >= 0.6 is 11.6 Å². The summed E-state index contributed by atoms with van der Waals surface area (Å²) >= 11 is 6.01. The van der Waals surface area contributed by atoms with Gasteiger partial charge < -0.3 is 5.32 Å². The predicted octanol–water partition coefficient (Wildman–Crippen LogP) is 2.01. The first-order valence-electron chi connectivity index (χ1n) is 7.43. The number of nitro groups is 1. The summed E-state index contributed by atoms with van der Waals surface area (Å²) < 4.78 is 25.9. The van der Waals surface area contributed by atoms with Crippen molar-refractivity contribution in [3.8, 4) is 0 Å². The van der Waals surface area contributed by atoms with E-state index in [1.807, 2.05) is 0 Å². The average molecular weight is 361 g/mol. The van der Waals surface area contributed by atoms with E-state index < -0.39 is 14.9 Å². The third kappa shape index (κ3) is 3.56. The molecule has 2 aliphatic rings. The second-order valence-corrected chi connectivity index (χ2v) is 8.46. The summed E-state index contributed by atoms with van der Waals surface area (Å²) in [5, 5.41) is 13.8. The molecule has 0 unspecified atom stereocenters. The van der Waals surface area contributed by atoms with Gasteiger partial charge >= 0.3 is 0 Å². The molecule has 1 saturated carbocycles. The van der Waals surface area contributed by atoms with E-state index in [-0.39, 0.29) is 22.0 Å². The van der Waals surface area contributed by atoms with Crippen LogP contribution in [0.3, 0.4) is 0 Å². The molecule has 2 heterocycles. The summed E-state index contributed by atoms with van der Waals surface area (Å²) in [7, 11) is -3.12. The fraction of sp³-hybridized carbons (Fsp3) is 0.615. The maximum absolute atomic E-state index is 12.2. The number of hydrogen-bond acceptors (Lipinski definition) is 6. The quantitative estimate of drug-likeness (QED) is 0.636. The Morgan fingerprint density at radius 1 is 1.30 bits per heavy atom. The second-order valence-electron chi connectivity index (χ2n) is 5.84. The SMILES string of the molecule is O=[N+]([O-])c1cnc(NC2CCN(S(=O)(=O)C3CC3)CC2)c(Cl)c1. The molecule has 0 atom stereocenters. The fourth-order valence-corrected chi connectivity index (χ4v) is 4.75. The Bertz CT molecular complexity index is 715. The van der Waals surface area contributed by atoms with E-state index >= 15 is 0 Å². The minimum Gasteiger partial charge on any atom is -0.366 e. The zero-order valence-corrected chi connectivity index (χ0v) is 13.9. The molecule has 0 aromatic carbocycles. The van der Waals surface area contributed by atoms with Gasteiger partial charge in [0.1, 0.15) is 12.0 Å². The molecule has 0 amide bonds. The largest absolute Gasteiger partial charge is 0.366 e. The number of anilines is 1. The highest BCUT2D eigenvalue weighted by molar-refractivity contribution is 7.90. The lowest BCUT2D eigenvalue weighted by atomic mass is 10.1. The smallest absolute Gasteiger partial charge is 0.289 e. The summed E-state index contributed by atoms with van der Waals surface area (Å²) in [6, 6.07) is 1.30. The number of piperidine rings is 1. The first kappa shape index (κ1) is 16.4. The van der Waals surface area contributed by atoms with Gasteiger partial charge in [-0.1, -0.05) is 11.6 Å². The molecule has 1 aromatic heterocycles. The Balaban J connectivity index is 1.59. The van der Waals surface area contributed by atoms with Crippen molar-refractivity contribution in [2.75, 3.05) is 18.4 Å². The highest BCUT2D eigenvalue weighted by Crippen LogP contribution is 2.33. The molecule has 1 aliphatic carbocycles. The maximum Gasteiger partial charge on any atom is 0.289 e. The highest BCUT2D eigenvalue weighted by atomic mass is 35.5. The summed E-state index contributed by atoms with van der Waals surface area (Å²) in [5.74, 6) is 0.390. The number of aromatic nitrogens is 1. The minimum atomic E-state index is -3.12. The first-order chi connectivity index (χ1) is 10.9. The Labute approximate surface area is 139 Å². The Hall–Kier alpha value is -1.45. The normalized spacial score (nSPS) is 20.4. The van der Waals surface area contributed by atoms with Crippen LogP contribution in [0.4, 0.5) is 11.5 Å². The van der Waals surface area contributed by atoms with Gasteiger partial charge in [0, 0.05) is 25.2 Å². The fourth-order valence-electron chi connectivity index (χ4n) is 2.66. The summed E-state index contributed by atoms with van der Waals surface area (Å²) in [6.07, 6.45) is 3.99. The van der Waals surface area contributed by atoms with Crippen LogP contribution in [0.1, 0.15) is 25.7 Å². The van der Waals surface area contributed by atoms with Gasteiger partial charge in [-0.2, -0.15) is 0 Å². The van der Waals surface area contributed by atoms with E-state index in [0.717, 1.165) is 19.0 Å². The topological polar surface area (TPSA) is 105 Å². The zero-order valence-electron chi connectivity index (χ0n) is 12.3. The van der Waals surface area contributed by atoms with Crippen LogP contribution in [0.15, 0.2) is 12.3 Å². The van der Waals surface area contributed by atoms with Gasteiger partial charge in [-0.3, -0.25) is 10.1 Å². The molecule has 126 valence electrons. The van der Waals surface area contributed by atoms with Crippen LogP contribution in [-0.2, 0) is 10.0 Å². The molecule has 2 fully saturated rings. The van der Waals surface area contributed by atoms with Gasteiger partial charge in [0.25, 0.3) is 5.69 Å². The molecule has 0 spiro atoms. The molecule has 8 nitrogen and oxygen atoms in total. The van der Waals surface area contributed by atoms with Crippen LogP contribution < -0.4 is 5.32 Å². The van der Waals surface area contributed by atoms with E-state index in [1.165, 1.54) is 6.07 Å². The molecular weight excluding hydrogens is 344 g/mol. The van der Waals surface area contributed by atoms with Crippen molar-refractivity contribution in [1.82, 2.24) is 9.29 Å². The second kappa shape index (κ2) is 6.21. The lowest BCUT2D eigenvalue weighted by molar-refractivity contribution is -0.385. The lowest BCUT2D eigenvalue weighted by Gasteiger charge is -2.32. The van der Waals surface area contributed by atoms with E-state index in [9.17, 15) is 18.5 Å². The number of halogens is 1. The van der Waals surface area contributed by atoms with Crippen molar-refractivity contribution in [1.29, 1.82) is 0 Å².